The molecule has 0 saturated carbocycles. The van der Waals surface area contributed by atoms with E-state index in [9.17, 15) is 17.6 Å². The number of hydrogen-bond acceptors (Lipinski definition) is 3. The van der Waals surface area contributed by atoms with Crippen LogP contribution in [0.2, 0.25) is 0 Å². The third-order valence-electron chi connectivity index (χ3n) is 2.79. The number of nitrogens with one attached hydrogen (secondary N) is 1. The summed E-state index contributed by atoms with van der Waals surface area (Å²) in [4.78, 5) is 3.76. The molecule has 0 aliphatic heterocycles. The van der Waals surface area contributed by atoms with Gasteiger partial charge in [-0.3, -0.25) is 0 Å². The molecule has 0 fully saturated rings. The molecule has 1 N–H and O–H groups in total. The standard InChI is InChI=1S/C13H14F4N4/c1-2-5-18-8-9-3-6-19-12(11(9)14)21-7-4-10(20-21)13(15,16)17/h3-4,6-7,18H,2,5,8H2,1H3. The van der Waals surface area contributed by atoms with Gasteiger partial charge in [0.2, 0.25) is 0 Å². The van der Waals surface area contributed by atoms with E-state index in [4.69, 9.17) is 0 Å². The second kappa shape index (κ2) is 6.21. The van der Waals surface area contributed by atoms with Gasteiger partial charge in [0, 0.05) is 24.5 Å². The molecule has 0 saturated heterocycles. The van der Waals surface area contributed by atoms with Gasteiger partial charge in [-0.15, -0.1) is 0 Å². The zero-order chi connectivity index (χ0) is 15.5. The summed E-state index contributed by atoms with van der Waals surface area (Å²) >= 11 is 0. The Morgan fingerprint density at radius 3 is 2.67 bits per heavy atom. The molecule has 0 radical (unpaired) electrons. The minimum atomic E-state index is -4.57. The molecule has 0 aromatic carbocycles. The summed E-state index contributed by atoms with van der Waals surface area (Å²) in [6.07, 6.45) is -1.29. The van der Waals surface area contributed by atoms with Crippen LogP contribution in [0.1, 0.15) is 24.6 Å². The average Bonchev–Trinajstić information content (AvgIpc) is 2.90. The summed E-state index contributed by atoms with van der Waals surface area (Å²) in [5.74, 6) is -0.931. The van der Waals surface area contributed by atoms with Crippen LogP contribution in [-0.4, -0.2) is 21.3 Å². The number of pyridine rings is 1. The third-order valence-corrected chi connectivity index (χ3v) is 2.79. The Morgan fingerprint density at radius 2 is 2.05 bits per heavy atom. The molecule has 4 nitrogen and oxygen atoms in total. The van der Waals surface area contributed by atoms with Crippen molar-refractivity contribution in [2.45, 2.75) is 26.1 Å². The van der Waals surface area contributed by atoms with Crippen LogP contribution in [0, 0.1) is 5.82 Å². The number of hydrogen-bond donors (Lipinski definition) is 1. The SMILES string of the molecule is CCCNCc1ccnc(-n2ccc(C(F)(F)F)n2)c1F. The molecule has 0 aliphatic rings. The van der Waals surface area contributed by atoms with Crippen molar-refractivity contribution >= 4 is 0 Å². The lowest BCUT2D eigenvalue weighted by Gasteiger charge is -2.08. The number of nitrogens with zero attached hydrogens (tertiary/aromatic N) is 3. The third kappa shape index (κ3) is 3.57. The first kappa shape index (κ1) is 15.4. The summed E-state index contributed by atoms with van der Waals surface area (Å²) in [5, 5.41) is 6.34. The van der Waals surface area contributed by atoms with Crippen molar-refractivity contribution in [3.63, 3.8) is 0 Å². The van der Waals surface area contributed by atoms with Gasteiger partial charge in [-0.05, 0) is 25.1 Å². The van der Waals surface area contributed by atoms with E-state index in [1.807, 2.05) is 6.92 Å². The molecule has 114 valence electrons. The predicted molar refractivity (Wildman–Crippen MR) is 68.3 cm³/mol. The van der Waals surface area contributed by atoms with Crippen LogP contribution >= 0.6 is 0 Å². The largest absolute Gasteiger partial charge is 0.435 e. The monoisotopic (exact) mass is 302 g/mol. The maximum atomic E-state index is 14.2. The minimum Gasteiger partial charge on any atom is -0.313 e. The Balaban J connectivity index is 2.28. The molecule has 2 rings (SSSR count). The van der Waals surface area contributed by atoms with Gasteiger partial charge in [-0.25, -0.2) is 14.1 Å². The Morgan fingerprint density at radius 1 is 1.29 bits per heavy atom. The summed E-state index contributed by atoms with van der Waals surface area (Å²) in [7, 11) is 0. The van der Waals surface area contributed by atoms with E-state index in [1.54, 1.807) is 0 Å². The fourth-order valence-corrected chi connectivity index (χ4v) is 1.76. The average molecular weight is 302 g/mol. The fourth-order valence-electron chi connectivity index (χ4n) is 1.76. The van der Waals surface area contributed by atoms with Crippen molar-refractivity contribution in [3.8, 4) is 5.82 Å². The molecular weight excluding hydrogens is 288 g/mol. The molecule has 0 bridgehead atoms. The lowest BCUT2D eigenvalue weighted by molar-refractivity contribution is -0.141. The van der Waals surface area contributed by atoms with E-state index in [-0.39, 0.29) is 12.4 Å². The topological polar surface area (TPSA) is 42.7 Å². The zero-order valence-electron chi connectivity index (χ0n) is 11.3. The molecular formula is C13H14F4N4. The Bertz CT molecular complexity index is 606. The van der Waals surface area contributed by atoms with Gasteiger partial charge in [0.15, 0.2) is 17.3 Å². The van der Waals surface area contributed by atoms with Crippen LogP contribution in [-0.2, 0) is 12.7 Å². The molecule has 0 atom stereocenters. The number of halogens is 4. The zero-order valence-corrected chi connectivity index (χ0v) is 11.3. The summed E-state index contributed by atoms with van der Waals surface area (Å²) in [6, 6.07) is 2.26. The van der Waals surface area contributed by atoms with Gasteiger partial charge in [0.1, 0.15) is 0 Å². The van der Waals surface area contributed by atoms with Crippen LogP contribution in [0.15, 0.2) is 24.5 Å². The molecule has 0 unspecified atom stereocenters. The van der Waals surface area contributed by atoms with E-state index < -0.39 is 17.7 Å². The summed E-state index contributed by atoms with van der Waals surface area (Å²) in [5.41, 5.74) is -0.754. The normalized spacial score (nSPS) is 11.9. The van der Waals surface area contributed by atoms with E-state index in [2.05, 4.69) is 15.4 Å². The molecule has 2 heterocycles. The smallest absolute Gasteiger partial charge is 0.313 e. The van der Waals surface area contributed by atoms with Crippen molar-refractivity contribution in [1.82, 2.24) is 20.1 Å². The predicted octanol–water partition coefficient (Wildman–Crippen LogP) is 2.92. The van der Waals surface area contributed by atoms with E-state index >= 15 is 0 Å². The van der Waals surface area contributed by atoms with Crippen molar-refractivity contribution < 1.29 is 17.6 Å². The Hall–Kier alpha value is -1.96. The van der Waals surface area contributed by atoms with Crippen molar-refractivity contribution in [3.05, 3.63) is 41.6 Å². The Kier molecular flexibility index (Phi) is 4.56. The highest BCUT2D eigenvalue weighted by molar-refractivity contribution is 5.30. The first-order chi connectivity index (χ1) is 9.93. The molecule has 21 heavy (non-hydrogen) atoms. The Labute approximate surface area is 118 Å². The number of rotatable bonds is 5. The van der Waals surface area contributed by atoms with Gasteiger partial charge in [-0.2, -0.15) is 18.3 Å². The van der Waals surface area contributed by atoms with Gasteiger partial charge in [-0.1, -0.05) is 6.92 Å². The molecule has 0 spiro atoms. The summed E-state index contributed by atoms with van der Waals surface area (Å²) in [6.45, 7) is 2.98. The molecule has 8 heteroatoms. The molecule has 0 amide bonds. The maximum Gasteiger partial charge on any atom is 0.435 e. The van der Waals surface area contributed by atoms with Gasteiger partial charge in [0.05, 0.1) is 0 Å². The van der Waals surface area contributed by atoms with E-state index in [0.29, 0.717) is 5.56 Å². The fraction of sp³-hybridized carbons (Fsp3) is 0.385. The number of aromatic nitrogens is 3. The van der Waals surface area contributed by atoms with Crippen LogP contribution in [0.25, 0.3) is 5.82 Å². The maximum absolute atomic E-state index is 14.2. The quantitative estimate of drug-likeness (QED) is 0.682. The van der Waals surface area contributed by atoms with Gasteiger partial charge < -0.3 is 5.32 Å². The first-order valence-electron chi connectivity index (χ1n) is 6.40. The number of alkyl halides is 3. The molecule has 2 aromatic heterocycles. The molecule has 2 aromatic rings. The van der Waals surface area contributed by atoms with Crippen molar-refractivity contribution in [2.24, 2.45) is 0 Å². The van der Waals surface area contributed by atoms with Crippen molar-refractivity contribution in [1.29, 1.82) is 0 Å². The van der Waals surface area contributed by atoms with Gasteiger partial charge >= 0.3 is 6.18 Å². The van der Waals surface area contributed by atoms with Crippen LogP contribution in [0.4, 0.5) is 17.6 Å². The van der Waals surface area contributed by atoms with Crippen LogP contribution in [0.5, 0.6) is 0 Å². The second-order valence-corrected chi connectivity index (χ2v) is 4.43. The van der Waals surface area contributed by atoms with Crippen LogP contribution in [0.3, 0.4) is 0 Å². The highest BCUT2D eigenvalue weighted by Gasteiger charge is 2.34. The second-order valence-electron chi connectivity index (χ2n) is 4.43. The van der Waals surface area contributed by atoms with E-state index in [1.165, 1.54) is 12.3 Å². The lowest BCUT2D eigenvalue weighted by Crippen LogP contribution is -2.16. The van der Waals surface area contributed by atoms with Gasteiger partial charge in [0.25, 0.3) is 0 Å². The highest BCUT2D eigenvalue weighted by atomic mass is 19.4. The minimum absolute atomic E-state index is 0.249. The first-order valence-corrected chi connectivity index (χ1v) is 6.40. The lowest BCUT2D eigenvalue weighted by atomic mass is 10.2. The molecule has 0 aliphatic carbocycles. The van der Waals surface area contributed by atoms with E-state index in [0.717, 1.165) is 29.9 Å². The summed E-state index contributed by atoms with van der Waals surface area (Å²) < 4.78 is 52.5. The highest BCUT2D eigenvalue weighted by Crippen LogP contribution is 2.28. The van der Waals surface area contributed by atoms with Crippen LogP contribution < -0.4 is 5.32 Å². The van der Waals surface area contributed by atoms with Crippen molar-refractivity contribution in [2.75, 3.05) is 6.54 Å².